The van der Waals surface area contributed by atoms with Gasteiger partial charge < -0.3 is 4.90 Å². The van der Waals surface area contributed by atoms with Gasteiger partial charge in [-0.25, -0.2) is 0 Å². The van der Waals surface area contributed by atoms with Crippen molar-refractivity contribution in [1.82, 2.24) is 4.90 Å². The summed E-state index contributed by atoms with van der Waals surface area (Å²) in [4.78, 5) is 2.26. The molecule has 0 radical (unpaired) electrons. The SMILES string of the molecule is CN(Cc1ccc2ccccc2c1)CC1(C#N)CC1. The van der Waals surface area contributed by atoms with Gasteiger partial charge in [0.1, 0.15) is 0 Å². The van der Waals surface area contributed by atoms with E-state index in [9.17, 15) is 0 Å². The third-order valence-electron chi connectivity index (χ3n) is 3.93. The van der Waals surface area contributed by atoms with E-state index in [4.69, 9.17) is 5.26 Å². The van der Waals surface area contributed by atoms with Gasteiger partial charge in [-0.3, -0.25) is 0 Å². The number of rotatable bonds is 4. The van der Waals surface area contributed by atoms with Crippen LogP contribution in [0.5, 0.6) is 0 Å². The van der Waals surface area contributed by atoms with Crippen LogP contribution >= 0.6 is 0 Å². The first-order chi connectivity index (χ1) is 9.21. The van der Waals surface area contributed by atoms with Gasteiger partial charge in [0, 0.05) is 13.1 Å². The van der Waals surface area contributed by atoms with E-state index in [1.165, 1.54) is 16.3 Å². The molecule has 2 aromatic carbocycles. The van der Waals surface area contributed by atoms with E-state index < -0.39 is 0 Å². The summed E-state index contributed by atoms with van der Waals surface area (Å²) in [6, 6.07) is 17.5. The van der Waals surface area contributed by atoms with E-state index >= 15 is 0 Å². The number of nitriles is 1. The number of hydrogen-bond acceptors (Lipinski definition) is 2. The van der Waals surface area contributed by atoms with Gasteiger partial charge in [0.05, 0.1) is 11.5 Å². The lowest BCUT2D eigenvalue weighted by Gasteiger charge is -2.19. The molecule has 1 aliphatic carbocycles. The highest BCUT2D eigenvalue weighted by atomic mass is 15.1. The predicted molar refractivity (Wildman–Crippen MR) is 77.6 cm³/mol. The van der Waals surface area contributed by atoms with E-state index in [-0.39, 0.29) is 5.41 Å². The van der Waals surface area contributed by atoms with Crippen molar-refractivity contribution < 1.29 is 0 Å². The zero-order chi connectivity index (χ0) is 13.3. The highest BCUT2D eigenvalue weighted by molar-refractivity contribution is 5.82. The Kier molecular flexibility index (Phi) is 3.00. The Morgan fingerprint density at radius 2 is 1.89 bits per heavy atom. The molecular weight excluding hydrogens is 232 g/mol. The van der Waals surface area contributed by atoms with E-state index in [0.717, 1.165) is 25.9 Å². The van der Waals surface area contributed by atoms with Crippen LogP contribution in [0.15, 0.2) is 42.5 Å². The second-order valence-corrected chi connectivity index (χ2v) is 5.75. The maximum atomic E-state index is 9.14. The lowest BCUT2D eigenvalue weighted by Crippen LogP contribution is -2.25. The largest absolute Gasteiger partial charge is 0.301 e. The molecule has 2 heteroatoms. The average Bonchev–Trinajstić information content (AvgIpc) is 3.19. The summed E-state index contributed by atoms with van der Waals surface area (Å²) in [6.45, 7) is 1.80. The van der Waals surface area contributed by atoms with Crippen LogP contribution in [0, 0.1) is 16.7 Å². The minimum atomic E-state index is -0.0500. The van der Waals surface area contributed by atoms with Crippen LogP contribution in [0.2, 0.25) is 0 Å². The van der Waals surface area contributed by atoms with Gasteiger partial charge in [-0.1, -0.05) is 36.4 Å². The fourth-order valence-corrected chi connectivity index (χ4v) is 2.68. The van der Waals surface area contributed by atoms with Crippen LogP contribution in [0.1, 0.15) is 18.4 Å². The van der Waals surface area contributed by atoms with Gasteiger partial charge in [-0.2, -0.15) is 5.26 Å². The fraction of sp³-hybridized carbons (Fsp3) is 0.353. The molecule has 19 heavy (non-hydrogen) atoms. The molecule has 1 fully saturated rings. The van der Waals surface area contributed by atoms with Gasteiger partial charge in [0.2, 0.25) is 0 Å². The first-order valence-corrected chi connectivity index (χ1v) is 6.78. The molecule has 1 saturated carbocycles. The molecule has 0 unspecified atom stereocenters. The standard InChI is InChI=1S/C17H18N2/c1-19(13-17(12-18)8-9-17)11-14-6-7-15-4-2-3-5-16(15)10-14/h2-7,10H,8-9,11,13H2,1H3. The van der Waals surface area contributed by atoms with Crippen LogP contribution in [0.4, 0.5) is 0 Å². The van der Waals surface area contributed by atoms with Crippen molar-refractivity contribution in [3.8, 4) is 6.07 Å². The van der Waals surface area contributed by atoms with Gasteiger partial charge in [0.15, 0.2) is 0 Å². The van der Waals surface area contributed by atoms with Crippen LogP contribution in [0.3, 0.4) is 0 Å². The third-order valence-corrected chi connectivity index (χ3v) is 3.93. The quantitative estimate of drug-likeness (QED) is 0.829. The zero-order valence-corrected chi connectivity index (χ0v) is 11.3. The Balaban J connectivity index is 1.72. The number of fused-ring (bicyclic) bond motifs is 1. The van der Waals surface area contributed by atoms with Crippen molar-refractivity contribution in [3.05, 3.63) is 48.0 Å². The molecule has 3 rings (SSSR count). The normalized spacial score (nSPS) is 16.5. The van der Waals surface area contributed by atoms with Crippen LogP contribution < -0.4 is 0 Å². The molecule has 0 aliphatic heterocycles. The minimum absolute atomic E-state index is 0.0500. The summed E-state index contributed by atoms with van der Waals surface area (Å²) in [5.74, 6) is 0. The van der Waals surface area contributed by atoms with Crippen molar-refractivity contribution in [2.75, 3.05) is 13.6 Å². The maximum Gasteiger partial charge on any atom is 0.0703 e. The zero-order valence-electron chi connectivity index (χ0n) is 11.3. The van der Waals surface area contributed by atoms with Gasteiger partial charge >= 0.3 is 0 Å². The summed E-state index contributed by atoms with van der Waals surface area (Å²) >= 11 is 0. The Morgan fingerprint density at radius 1 is 1.16 bits per heavy atom. The summed E-state index contributed by atoms with van der Waals surface area (Å²) < 4.78 is 0. The van der Waals surface area contributed by atoms with Crippen molar-refractivity contribution >= 4 is 10.8 Å². The number of hydrogen-bond donors (Lipinski definition) is 0. The van der Waals surface area contributed by atoms with E-state index in [1.54, 1.807) is 0 Å². The Hall–Kier alpha value is -1.85. The number of benzene rings is 2. The van der Waals surface area contributed by atoms with Crippen molar-refractivity contribution in [3.63, 3.8) is 0 Å². The molecule has 1 aliphatic rings. The van der Waals surface area contributed by atoms with Gasteiger partial charge in [-0.05, 0) is 42.3 Å². The Morgan fingerprint density at radius 3 is 2.58 bits per heavy atom. The molecule has 96 valence electrons. The summed E-state index contributed by atoms with van der Waals surface area (Å²) in [6.07, 6.45) is 2.12. The summed E-state index contributed by atoms with van der Waals surface area (Å²) in [7, 11) is 2.10. The third kappa shape index (κ3) is 2.62. The van der Waals surface area contributed by atoms with Crippen molar-refractivity contribution in [2.24, 2.45) is 5.41 Å². The second-order valence-electron chi connectivity index (χ2n) is 5.75. The molecule has 0 N–H and O–H groups in total. The summed E-state index contributed by atoms with van der Waals surface area (Å²) in [5.41, 5.74) is 1.26. The molecule has 0 amide bonds. The maximum absolute atomic E-state index is 9.14. The van der Waals surface area contributed by atoms with Crippen molar-refractivity contribution in [2.45, 2.75) is 19.4 Å². The number of nitrogens with zero attached hydrogens (tertiary/aromatic N) is 2. The first-order valence-electron chi connectivity index (χ1n) is 6.78. The molecule has 0 heterocycles. The molecule has 0 aromatic heterocycles. The van der Waals surface area contributed by atoms with Crippen LogP contribution in [-0.4, -0.2) is 18.5 Å². The average molecular weight is 250 g/mol. The highest BCUT2D eigenvalue weighted by Crippen LogP contribution is 2.45. The smallest absolute Gasteiger partial charge is 0.0703 e. The van der Waals surface area contributed by atoms with E-state index in [0.29, 0.717) is 0 Å². The predicted octanol–water partition coefficient (Wildman–Crippen LogP) is 3.58. The highest BCUT2D eigenvalue weighted by Gasteiger charge is 2.43. The Bertz CT molecular complexity index is 635. The molecule has 2 aromatic rings. The van der Waals surface area contributed by atoms with Gasteiger partial charge in [0.25, 0.3) is 0 Å². The van der Waals surface area contributed by atoms with E-state index in [1.807, 2.05) is 0 Å². The molecule has 0 saturated heterocycles. The molecule has 0 atom stereocenters. The van der Waals surface area contributed by atoms with E-state index in [2.05, 4.69) is 60.5 Å². The molecule has 2 nitrogen and oxygen atoms in total. The fourth-order valence-electron chi connectivity index (χ4n) is 2.68. The first kappa shape index (κ1) is 12.2. The molecule has 0 spiro atoms. The van der Waals surface area contributed by atoms with Gasteiger partial charge in [-0.15, -0.1) is 0 Å². The van der Waals surface area contributed by atoms with Crippen molar-refractivity contribution in [1.29, 1.82) is 5.26 Å². The lowest BCUT2D eigenvalue weighted by atomic mass is 10.1. The molecular formula is C17H18N2. The topological polar surface area (TPSA) is 27.0 Å². The summed E-state index contributed by atoms with van der Waals surface area (Å²) in [5, 5.41) is 11.7. The van der Waals surface area contributed by atoms with Crippen LogP contribution in [-0.2, 0) is 6.54 Å². The minimum Gasteiger partial charge on any atom is -0.301 e. The second kappa shape index (κ2) is 4.68. The lowest BCUT2D eigenvalue weighted by molar-refractivity contribution is 0.287. The van der Waals surface area contributed by atoms with Crippen LogP contribution in [0.25, 0.3) is 10.8 Å². The monoisotopic (exact) mass is 250 g/mol. The Labute approximate surface area is 114 Å². The molecule has 0 bridgehead atoms.